The molecule has 1 amide bonds. The maximum Gasteiger partial charge on any atom is 0.349 e. The first kappa shape index (κ1) is 15.0. The molecule has 1 heterocycles. The first-order valence-electron chi connectivity index (χ1n) is 7.13. The Morgan fingerprint density at radius 3 is 2.80 bits per heavy atom. The third kappa shape index (κ3) is 3.82. The van der Waals surface area contributed by atoms with Crippen LogP contribution in [-0.2, 0) is 9.53 Å². The molecular formula is C15H21NO3S. The fraction of sp³-hybridized carbons (Fsp3) is 0.600. The molecule has 0 saturated heterocycles. The van der Waals surface area contributed by atoms with E-state index in [1.165, 1.54) is 17.8 Å². The number of esters is 1. The van der Waals surface area contributed by atoms with E-state index in [1.54, 1.807) is 19.1 Å². The van der Waals surface area contributed by atoms with Gasteiger partial charge in [-0.25, -0.2) is 4.79 Å². The van der Waals surface area contributed by atoms with Gasteiger partial charge in [-0.15, -0.1) is 11.3 Å². The summed E-state index contributed by atoms with van der Waals surface area (Å²) in [5.74, 6) is -0.138. The number of carbonyl (C=O) groups excluding carboxylic acids is 2. The minimum atomic E-state index is -0.751. The maximum atomic E-state index is 12.1. The zero-order chi connectivity index (χ0) is 14.5. The summed E-state index contributed by atoms with van der Waals surface area (Å²) < 4.78 is 5.19. The van der Waals surface area contributed by atoms with Crippen molar-refractivity contribution >= 4 is 23.2 Å². The smallest absolute Gasteiger partial charge is 0.349 e. The molecule has 20 heavy (non-hydrogen) atoms. The molecule has 0 bridgehead atoms. The molecule has 1 saturated carbocycles. The molecule has 0 aliphatic heterocycles. The summed E-state index contributed by atoms with van der Waals surface area (Å²) in [5.41, 5.74) is 0. The minimum absolute atomic E-state index is 0.200. The average molecular weight is 295 g/mol. The molecule has 1 aromatic rings. The van der Waals surface area contributed by atoms with E-state index >= 15 is 0 Å². The van der Waals surface area contributed by atoms with Crippen LogP contribution in [0.1, 0.15) is 49.2 Å². The van der Waals surface area contributed by atoms with Gasteiger partial charge in [0, 0.05) is 6.04 Å². The molecule has 3 atom stereocenters. The van der Waals surface area contributed by atoms with Crippen molar-refractivity contribution < 1.29 is 14.3 Å². The van der Waals surface area contributed by atoms with Gasteiger partial charge in [0.15, 0.2) is 6.10 Å². The van der Waals surface area contributed by atoms with Crippen LogP contribution in [0, 0.1) is 5.92 Å². The third-order valence-electron chi connectivity index (χ3n) is 3.81. The van der Waals surface area contributed by atoms with Gasteiger partial charge in [0.05, 0.1) is 0 Å². The number of amides is 1. The van der Waals surface area contributed by atoms with Crippen LogP contribution in [-0.4, -0.2) is 24.0 Å². The van der Waals surface area contributed by atoms with Gasteiger partial charge in [0.1, 0.15) is 4.88 Å². The molecule has 2 rings (SSSR count). The number of rotatable bonds is 4. The predicted octanol–water partition coefficient (Wildman–Crippen LogP) is 2.99. The van der Waals surface area contributed by atoms with E-state index in [2.05, 4.69) is 12.2 Å². The Morgan fingerprint density at radius 1 is 1.40 bits per heavy atom. The lowest BCUT2D eigenvalue weighted by atomic mass is 9.86. The lowest BCUT2D eigenvalue weighted by molar-refractivity contribution is -0.130. The van der Waals surface area contributed by atoms with Gasteiger partial charge in [-0.2, -0.15) is 0 Å². The van der Waals surface area contributed by atoms with E-state index in [-0.39, 0.29) is 11.9 Å². The van der Waals surface area contributed by atoms with E-state index in [0.29, 0.717) is 10.8 Å². The first-order valence-corrected chi connectivity index (χ1v) is 8.00. The summed E-state index contributed by atoms with van der Waals surface area (Å²) in [6.45, 7) is 3.78. The molecule has 0 unspecified atom stereocenters. The van der Waals surface area contributed by atoms with Crippen LogP contribution in [0.15, 0.2) is 17.5 Å². The minimum Gasteiger partial charge on any atom is -0.448 e. The molecule has 4 nitrogen and oxygen atoms in total. The first-order chi connectivity index (χ1) is 9.58. The highest BCUT2D eigenvalue weighted by molar-refractivity contribution is 7.11. The maximum absolute atomic E-state index is 12.1. The topological polar surface area (TPSA) is 55.4 Å². The van der Waals surface area contributed by atoms with Gasteiger partial charge in [-0.05, 0) is 37.1 Å². The van der Waals surface area contributed by atoms with E-state index in [1.807, 2.05) is 5.38 Å². The van der Waals surface area contributed by atoms with Crippen LogP contribution in [0.4, 0.5) is 0 Å². The van der Waals surface area contributed by atoms with Gasteiger partial charge in [0.2, 0.25) is 0 Å². The predicted molar refractivity (Wildman–Crippen MR) is 78.8 cm³/mol. The van der Waals surface area contributed by atoms with Crippen LogP contribution in [0.25, 0.3) is 0 Å². The molecule has 110 valence electrons. The second kappa shape index (κ2) is 6.88. The van der Waals surface area contributed by atoms with E-state index in [9.17, 15) is 9.59 Å². The average Bonchev–Trinajstić information content (AvgIpc) is 2.95. The van der Waals surface area contributed by atoms with Crippen molar-refractivity contribution in [1.82, 2.24) is 5.32 Å². The number of hydrogen-bond acceptors (Lipinski definition) is 4. The second-order valence-electron chi connectivity index (χ2n) is 5.40. The van der Waals surface area contributed by atoms with Crippen molar-refractivity contribution in [2.75, 3.05) is 0 Å². The zero-order valence-electron chi connectivity index (χ0n) is 11.9. The normalized spacial score (nSPS) is 23.9. The van der Waals surface area contributed by atoms with Crippen molar-refractivity contribution in [3.05, 3.63) is 22.4 Å². The number of ether oxygens (including phenoxy) is 1. The molecular weight excluding hydrogens is 274 g/mol. The Morgan fingerprint density at radius 2 is 2.15 bits per heavy atom. The summed E-state index contributed by atoms with van der Waals surface area (Å²) in [5, 5.41) is 4.82. The summed E-state index contributed by atoms with van der Waals surface area (Å²) in [6.07, 6.45) is 3.79. The third-order valence-corrected chi connectivity index (χ3v) is 4.66. The van der Waals surface area contributed by atoms with Crippen molar-refractivity contribution in [2.24, 2.45) is 5.92 Å². The van der Waals surface area contributed by atoms with E-state index in [4.69, 9.17) is 4.74 Å². The van der Waals surface area contributed by atoms with Gasteiger partial charge in [-0.1, -0.05) is 25.8 Å². The fourth-order valence-corrected chi connectivity index (χ4v) is 3.10. The fourth-order valence-electron chi connectivity index (χ4n) is 2.50. The van der Waals surface area contributed by atoms with Crippen LogP contribution >= 0.6 is 11.3 Å². The molecule has 1 aliphatic rings. The zero-order valence-corrected chi connectivity index (χ0v) is 12.7. The number of carbonyl (C=O) groups is 2. The highest BCUT2D eigenvalue weighted by Crippen LogP contribution is 2.23. The lowest BCUT2D eigenvalue weighted by Gasteiger charge is -2.30. The van der Waals surface area contributed by atoms with Crippen LogP contribution in [0.5, 0.6) is 0 Å². The Hall–Kier alpha value is -1.36. The highest BCUT2D eigenvalue weighted by Gasteiger charge is 2.26. The van der Waals surface area contributed by atoms with Crippen molar-refractivity contribution in [3.8, 4) is 0 Å². The van der Waals surface area contributed by atoms with E-state index in [0.717, 1.165) is 19.3 Å². The van der Waals surface area contributed by atoms with E-state index < -0.39 is 12.1 Å². The second-order valence-corrected chi connectivity index (χ2v) is 6.35. The van der Waals surface area contributed by atoms with Gasteiger partial charge in [0.25, 0.3) is 5.91 Å². The lowest BCUT2D eigenvalue weighted by Crippen LogP contribution is -2.45. The quantitative estimate of drug-likeness (QED) is 0.869. The Balaban J connectivity index is 1.84. The molecule has 0 radical (unpaired) electrons. The van der Waals surface area contributed by atoms with Crippen molar-refractivity contribution in [3.63, 3.8) is 0 Å². The molecule has 5 heteroatoms. The summed E-state index contributed by atoms with van der Waals surface area (Å²) in [4.78, 5) is 24.4. The monoisotopic (exact) mass is 295 g/mol. The molecule has 0 aromatic carbocycles. The van der Waals surface area contributed by atoms with Crippen LogP contribution in [0.2, 0.25) is 0 Å². The van der Waals surface area contributed by atoms with Crippen molar-refractivity contribution in [1.29, 1.82) is 0 Å². The molecule has 1 aliphatic carbocycles. The Bertz CT molecular complexity index is 458. The highest BCUT2D eigenvalue weighted by atomic mass is 32.1. The molecule has 1 N–H and O–H groups in total. The van der Waals surface area contributed by atoms with Gasteiger partial charge < -0.3 is 10.1 Å². The summed E-state index contributed by atoms with van der Waals surface area (Å²) >= 11 is 1.31. The summed E-state index contributed by atoms with van der Waals surface area (Å²) in [6, 6.07) is 3.69. The molecule has 1 aromatic heterocycles. The largest absolute Gasteiger partial charge is 0.448 e. The number of hydrogen-bond donors (Lipinski definition) is 1. The standard InChI is InChI=1S/C15H21NO3S/c1-10-6-3-4-7-12(10)16-14(17)11(2)19-15(18)13-8-5-9-20-13/h5,8-12H,3-4,6-7H2,1-2H3,(H,16,17)/t10-,11-,12+/m1/s1. The Kier molecular flexibility index (Phi) is 5.17. The molecule has 0 spiro atoms. The van der Waals surface area contributed by atoms with Crippen molar-refractivity contribution in [2.45, 2.75) is 51.7 Å². The number of thiophene rings is 1. The molecule has 1 fully saturated rings. The van der Waals surface area contributed by atoms with Crippen LogP contribution < -0.4 is 5.32 Å². The summed E-state index contributed by atoms with van der Waals surface area (Å²) in [7, 11) is 0. The van der Waals surface area contributed by atoms with Gasteiger partial charge in [-0.3, -0.25) is 4.79 Å². The number of nitrogens with one attached hydrogen (secondary N) is 1. The van der Waals surface area contributed by atoms with Crippen LogP contribution in [0.3, 0.4) is 0 Å². The van der Waals surface area contributed by atoms with Gasteiger partial charge >= 0.3 is 5.97 Å². The Labute approximate surface area is 123 Å². The SMILES string of the molecule is C[C@@H]1CCCC[C@@H]1NC(=O)[C@@H](C)OC(=O)c1cccs1.